The molecule has 0 spiro atoms. The van der Waals surface area contributed by atoms with Gasteiger partial charge in [-0.1, -0.05) is 23.4 Å². The quantitative estimate of drug-likeness (QED) is 0.188. The minimum Gasteiger partial charge on any atom is -0.450 e. The lowest BCUT2D eigenvalue weighted by Gasteiger charge is -2.33. The fraction of sp³-hybridized carbons (Fsp3) is 0.296. The number of pyridine rings is 1. The summed E-state index contributed by atoms with van der Waals surface area (Å²) in [5.41, 5.74) is 3.80. The number of carbonyl (C=O) groups is 1. The average molecular weight is 496 g/mol. The molecule has 0 saturated carbocycles. The predicted molar refractivity (Wildman–Crippen MR) is 131 cm³/mol. The van der Waals surface area contributed by atoms with Crippen molar-refractivity contribution in [2.24, 2.45) is 5.16 Å². The van der Waals surface area contributed by atoms with Crippen LogP contribution in [0.15, 0.2) is 65.9 Å². The van der Waals surface area contributed by atoms with E-state index in [9.17, 15) is 18.8 Å². The fourth-order valence-corrected chi connectivity index (χ4v) is 4.62. The second kappa shape index (κ2) is 11.2. The van der Waals surface area contributed by atoms with Crippen LogP contribution < -0.4 is 4.90 Å². The van der Waals surface area contributed by atoms with Crippen LogP contribution in [0.3, 0.4) is 0 Å². The van der Waals surface area contributed by atoms with E-state index < -0.39 is 23.7 Å². The number of rotatable bonds is 7. The molecule has 7 nitrogen and oxygen atoms in total. The number of nitrogens with zero attached hydrogens (tertiary/aromatic N) is 3. The van der Waals surface area contributed by atoms with Crippen LogP contribution in [0.25, 0.3) is 0 Å². The molecule has 1 aromatic heterocycles. The summed E-state index contributed by atoms with van der Waals surface area (Å²) in [7, 11) is 0. The van der Waals surface area contributed by atoms with Crippen molar-refractivity contribution < 1.29 is 28.6 Å². The van der Waals surface area contributed by atoms with Gasteiger partial charge in [0.2, 0.25) is 0 Å². The highest BCUT2D eigenvalue weighted by molar-refractivity contribution is 6.00. The van der Waals surface area contributed by atoms with E-state index in [0.717, 1.165) is 23.0 Å². The van der Waals surface area contributed by atoms with Gasteiger partial charge >= 0.3 is 6.16 Å². The van der Waals surface area contributed by atoms with Gasteiger partial charge in [-0.3, -0.25) is 4.98 Å². The highest BCUT2D eigenvalue weighted by Gasteiger charge is 2.25. The van der Waals surface area contributed by atoms with Gasteiger partial charge in [0, 0.05) is 67.5 Å². The molecule has 0 unspecified atom stereocenters. The normalized spacial score (nSPS) is 15.5. The number of piperidine rings is 1. The first-order valence-corrected chi connectivity index (χ1v) is 11.7. The highest BCUT2D eigenvalue weighted by atomic mass is 19.1. The molecule has 1 fully saturated rings. The van der Waals surface area contributed by atoms with Gasteiger partial charge in [0.05, 0.1) is 5.71 Å². The zero-order valence-corrected chi connectivity index (χ0v) is 19.8. The molecule has 4 rings (SSSR count). The molecule has 1 saturated heterocycles. The predicted octanol–water partition coefficient (Wildman–Crippen LogP) is 5.73. The number of halogens is 2. The summed E-state index contributed by atoms with van der Waals surface area (Å²) in [4.78, 5) is 17.1. The Morgan fingerprint density at radius 3 is 2.47 bits per heavy atom. The summed E-state index contributed by atoms with van der Waals surface area (Å²) in [5.74, 6) is -1.87. The highest BCUT2D eigenvalue weighted by Crippen LogP contribution is 2.33. The fourth-order valence-electron chi connectivity index (χ4n) is 4.62. The van der Waals surface area contributed by atoms with Crippen LogP contribution in [-0.4, -0.2) is 46.4 Å². The summed E-state index contributed by atoms with van der Waals surface area (Å²) in [6.45, 7) is 3.12. The van der Waals surface area contributed by atoms with Crippen LogP contribution in [0.2, 0.25) is 0 Å². The average Bonchev–Trinajstić information content (AvgIpc) is 2.86. The van der Waals surface area contributed by atoms with Crippen LogP contribution in [0.5, 0.6) is 0 Å². The number of anilines is 1. The van der Waals surface area contributed by atoms with Gasteiger partial charge in [-0.25, -0.2) is 13.6 Å². The summed E-state index contributed by atoms with van der Waals surface area (Å²) in [6.07, 6.45) is 1.42. The Bertz CT molecular complexity index is 1240. The molecule has 3 aromatic rings. The lowest BCUT2D eigenvalue weighted by Crippen LogP contribution is -2.37. The molecule has 1 atom stereocenters. The molecular formula is C27H27F2N3O4. The largest absolute Gasteiger partial charge is 0.506 e. The second-order valence-electron chi connectivity index (χ2n) is 8.82. The minimum atomic E-state index is -1.26. The van der Waals surface area contributed by atoms with E-state index in [-0.39, 0.29) is 12.5 Å². The zero-order chi connectivity index (χ0) is 25.7. The maximum Gasteiger partial charge on any atom is 0.506 e. The van der Waals surface area contributed by atoms with Crippen molar-refractivity contribution in [1.29, 1.82) is 0 Å². The van der Waals surface area contributed by atoms with Gasteiger partial charge < -0.3 is 20.0 Å². The third kappa shape index (κ3) is 5.97. The van der Waals surface area contributed by atoms with Crippen molar-refractivity contribution >= 4 is 17.6 Å². The summed E-state index contributed by atoms with van der Waals surface area (Å²) < 4.78 is 33.4. The van der Waals surface area contributed by atoms with E-state index in [0.29, 0.717) is 42.8 Å². The van der Waals surface area contributed by atoms with Gasteiger partial charge in [0.1, 0.15) is 17.7 Å². The van der Waals surface area contributed by atoms with E-state index in [1.54, 1.807) is 18.3 Å². The Morgan fingerprint density at radius 2 is 1.86 bits per heavy atom. The second-order valence-corrected chi connectivity index (χ2v) is 8.82. The van der Waals surface area contributed by atoms with E-state index in [4.69, 9.17) is 9.84 Å². The van der Waals surface area contributed by atoms with Crippen LogP contribution in [0, 0.1) is 18.6 Å². The van der Waals surface area contributed by atoms with E-state index in [1.807, 2.05) is 31.2 Å². The SMILES string of the molecule is Cc1cc(/C(C[C@H](c2ccc(N3CCC(OC(=O)O)CC3)cc2)c2ccc(F)cc2F)=N/O)ccn1. The van der Waals surface area contributed by atoms with Gasteiger partial charge in [-0.05, 0) is 48.4 Å². The summed E-state index contributed by atoms with van der Waals surface area (Å²) in [6, 6.07) is 14.6. The zero-order valence-electron chi connectivity index (χ0n) is 19.8. The molecular weight excluding hydrogens is 468 g/mol. The van der Waals surface area contributed by atoms with Crippen molar-refractivity contribution in [2.75, 3.05) is 18.0 Å². The molecule has 0 bridgehead atoms. The van der Waals surface area contributed by atoms with Gasteiger partial charge in [0.15, 0.2) is 0 Å². The summed E-state index contributed by atoms with van der Waals surface area (Å²) >= 11 is 0. The van der Waals surface area contributed by atoms with Crippen molar-refractivity contribution in [3.63, 3.8) is 0 Å². The van der Waals surface area contributed by atoms with Crippen LogP contribution in [0.4, 0.5) is 19.3 Å². The number of aryl methyl sites for hydroxylation is 1. The van der Waals surface area contributed by atoms with E-state index >= 15 is 0 Å². The number of hydrogen-bond acceptors (Lipinski definition) is 6. The Kier molecular flexibility index (Phi) is 7.77. The van der Waals surface area contributed by atoms with Crippen molar-refractivity contribution in [1.82, 2.24) is 4.98 Å². The summed E-state index contributed by atoms with van der Waals surface area (Å²) in [5, 5.41) is 22.1. The lowest BCUT2D eigenvalue weighted by atomic mass is 9.85. The lowest BCUT2D eigenvalue weighted by molar-refractivity contribution is 0.0416. The number of ether oxygens (including phenoxy) is 1. The molecule has 188 valence electrons. The molecule has 36 heavy (non-hydrogen) atoms. The van der Waals surface area contributed by atoms with Crippen molar-refractivity contribution in [3.8, 4) is 0 Å². The Morgan fingerprint density at radius 1 is 1.14 bits per heavy atom. The maximum absolute atomic E-state index is 14.9. The standard InChI is InChI=1S/C27H27F2N3O4/c1-17-14-19(8-11-30-17)26(31-35)16-24(23-7-4-20(28)15-25(23)29)18-2-5-21(6-3-18)32-12-9-22(10-13-32)36-27(33)34/h2-8,11,14-15,22,24,35H,9-10,12-13,16H2,1H3,(H,33,34)/b31-26+/t24-/m1/s1. The van der Waals surface area contributed by atoms with E-state index in [1.165, 1.54) is 12.1 Å². The third-order valence-corrected chi connectivity index (χ3v) is 6.46. The first-order chi connectivity index (χ1) is 17.3. The smallest absolute Gasteiger partial charge is 0.450 e. The monoisotopic (exact) mass is 495 g/mol. The third-order valence-electron chi connectivity index (χ3n) is 6.46. The molecule has 0 amide bonds. The number of aromatic nitrogens is 1. The molecule has 9 heteroatoms. The topological polar surface area (TPSA) is 95.2 Å². The van der Waals surface area contributed by atoms with Crippen molar-refractivity contribution in [3.05, 3.63) is 94.8 Å². The van der Waals surface area contributed by atoms with Crippen LogP contribution >= 0.6 is 0 Å². The Labute approximate surface area is 207 Å². The number of hydrogen-bond donors (Lipinski definition) is 2. The minimum absolute atomic E-state index is 0.180. The molecule has 0 radical (unpaired) electrons. The van der Waals surface area contributed by atoms with E-state index in [2.05, 4.69) is 15.0 Å². The number of carboxylic acid groups (broad SMARTS) is 1. The molecule has 2 heterocycles. The molecule has 1 aliphatic rings. The van der Waals surface area contributed by atoms with Gasteiger partial charge in [-0.15, -0.1) is 0 Å². The maximum atomic E-state index is 14.9. The number of benzene rings is 2. The van der Waals surface area contributed by atoms with Gasteiger partial charge in [0.25, 0.3) is 0 Å². The van der Waals surface area contributed by atoms with Crippen LogP contribution in [0.1, 0.15) is 47.6 Å². The van der Waals surface area contributed by atoms with Gasteiger partial charge in [-0.2, -0.15) is 0 Å². The van der Waals surface area contributed by atoms with Crippen LogP contribution in [-0.2, 0) is 4.74 Å². The first-order valence-electron chi connectivity index (χ1n) is 11.7. The molecule has 1 aliphatic heterocycles. The Balaban J connectivity index is 1.60. The molecule has 2 N–H and O–H groups in total. The Hall–Kier alpha value is -4.01. The molecule has 2 aromatic carbocycles. The molecule has 0 aliphatic carbocycles. The van der Waals surface area contributed by atoms with Crippen molar-refractivity contribution in [2.45, 2.75) is 38.2 Å². The number of oxime groups is 1. The first kappa shape index (κ1) is 25.1.